The van der Waals surface area contributed by atoms with Gasteiger partial charge in [-0.1, -0.05) is 35.5 Å². The predicted molar refractivity (Wildman–Crippen MR) is 95.5 cm³/mol. The summed E-state index contributed by atoms with van der Waals surface area (Å²) in [5.41, 5.74) is 3.25. The van der Waals surface area contributed by atoms with Crippen LogP contribution in [0.15, 0.2) is 69.2 Å². The van der Waals surface area contributed by atoms with Crippen LogP contribution >= 0.6 is 11.8 Å². The molecule has 25 heavy (non-hydrogen) atoms. The van der Waals surface area contributed by atoms with E-state index in [-0.39, 0.29) is 5.56 Å². The molecule has 0 aliphatic heterocycles. The fraction of sp³-hybridized carbons (Fsp3) is 0.111. The Morgan fingerprint density at radius 1 is 1.12 bits per heavy atom. The van der Waals surface area contributed by atoms with Crippen molar-refractivity contribution in [2.45, 2.75) is 17.9 Å². The van der Waals surface area contributed by atoms with Crippen molar-refractivity contribution in [1.82, 2.24) is 19.6 Å². The standard InChI is InChI=1S/C18H14N4O2S/c1-12-5-7-13(8-6-12)17-20-21-18(24-17)25-11-14-10-16(23)22-9-3-2-4-15(22)19-14/h2-10H,11H2,1H3. The number of rotatable bonds is 4. The van der Waals surface area contributed by atoms with Crippen LogP contribution in [0.5, 0.6) is 0 Å². The second-order valence-corrected chi connectivity index (χ2v) is 6.47. The fourth-order valence-electron chi connectivity index (χ4n) is 2.39. The zero-order chi connectivity index (χ0) is 17.2. The van der Waals surface area contributed by atoms with Crippen LogP contribution in [0, 0.1) is 6.92 Å². The van der Waals surface area contributed by atoms with Gasteiger partial charge >= 0.3 is 0 Å². The highest BCUT2D eigenvalue weighted by molar-refractivity contribution is 7.98. The third-order valence-corrected chi connectivity index (χ3v) is 4.52. The Bertz CT molecular complexity index is 1090. The molecule has 4 rings (SSSR count). The Labute approximate surface area is 147 Å². The molecule has 0 saturated carbocycles. The number of aryl methyl sites for hydroxylation is 1. The van der Waals surface area contributed by atoms with Crippen LogP contribution in [0.3, 0.4) is 0 Å². The average molecular weight is 350 g/mol. The number of fused-ring (bicyclic) bond motifs is 1. The molecule has 0 saturated heterocycles. The van der Waals surface area contributed by atoms with Crippen molar-refractivity contribution in [3.8, 4) is 11.5 Å². The molecule has 4 aromatic rings. The van der Waals surface area contributed by atoms with Crippen LogP contribution < -0.4 is 5.56 Å². The highest BCUT2D eigenvalue weighted by Crippen LogP contribution is 2.25. The summed E-state index contributed by atoms with van der Waals surface area (Å²) in [5, 5.41) is 8.57. The van der Waals surface area contributed by atoms with Gasteiger partial charge in [0.1, 0.15) is 5.65 Å². The summed E-state index contributed by atoms with van der Waals surface area (Å²) in [6.45, 7) is 2.03. The molecule has 1 aromatic carbocycles. The maximum absolute atomic E-state index is 12.1. The molecule has 0 amide bonds. The van der Waals surface area contributed by atoms with Gasteiger partial charge in [-0.15, -0.1) is 10.2 Å². The first kappa shape index (κ1) is 15.6. The summed E-state index contributed by atoms with van der Waals surface area (Å²) < 4.78 is 7.19. The lowest BCUT2D eigenvalue weighted by Crippen LogP contribution is -2.14. The molecule has 0 fully saturated rings. The van der Waals surface area contributed by atoms with Crippen LogP contribution in [-0.2, 0) is 5.75 Å². The third kappa shape index (κ3) is 3.32. The zero-order valence-electron chi connectivity index (χ0n) is 13.4. The molecule has 0 unspecified atom stereocenters. The minimum absolute atomic E-state index is 0.105. The molecule has 3 aromatic heterocycles. The highest BCUT2D eigenvalue weighted by Gasteiger charge is 2.10. The molecular weight excluding hydrogens is 336 g/mol. The van der Waals surface area contributed by atoms with Crippen LogP contribution in [0.1, 0.15) is 11.3 Å². The first-order valence-electron chi connectivity index (χ1n) is 7.70. The van der Waals surface area contributed by atoms with Gasteiger partial charge in [-0.2, -0.15) is 0 Å². The number of nitrogens with zero attached hydrogens (tertiary/aromatic N) is 4. The Balaban J connectivity index is 1.52. The maximum atomic E-state index is 12.1. The monoisotopic (exact) mass is 350 g/mol. The van der Waals surface area contributed by atoms with Crippen LogP contribution in [0.25, 0.3) is 17.1 Å². The van der Waals surface area contributed by atoms with Crippen molar-refractivity contribution in [2.75, 3.05) is 0 Å². The van der Waals surface area contributed by atoms with Crippen LogP contribution in [-0.4, -0.2) is 19.6 Å². The summed E-state index contributed by atoms with van der Waals surface area (Å²) >= 11 is 1.36. The molecular formula is C18H14N4O2S. The van der Waals surface area contributed by atoms with Gasteiger partial charge < -0.3 is 4.42 Å². The first-order valence-corrected chi connectivity index (χ1v) is 8.68. The smallest absolute Gasteiger partial charge is 0.277 e. The third-order valence-electron chi connectivity index (χ3n) is 3.67. The Hall–Kier alpha value is -2.93. The fourth-order valence-corrected chi connectivity index (χ4v) is 3.05. The summed E-state index contributed by atoms with van der Waals surface area (Å²) in [4.78, 5) is 16.6. The number of thioether (sulfide) groups is 1. The van der Waals surface area contributed by atoms with Gasteiger partial charge in [-0.3, -0.25) is 9.20 Å². The van der Waals surface area contributed by atoms with E-state index in [0.29, 0.717) is 28.2 Å². The molecule has 6 nitrogen and oxygen atoms in total. The minimum Gasteiger partial charge on any atom is -0.411 e. The summed E-state index contributed by atoms with van der Waals surface area (Å²) in [6.07, 6.45) is 1.70. The number of hydrogen-bond donors (Lipinski definition) is 0. The molecule has 0 radical (unpaired) electrons. The van der Waals surface area contributed by atoms with Gasteiger partial charge in [0.05, 0.1) is 5.69 Å². The van der Waals surface area contributed by atoms with Gasteiger partial charge in [0, 0.05) is 23.6 Å². The van der Waals surface area contributed by atoms with E-state index in [1.54, 1.807) is 18.3 Å². The number of aromatic nitrogens is 4. The van der Waals surface area contributed by atoms with Crippen LogP contribution in [0.2, 0.25) is 0 Å². The molecule has 0 aliphatic rings. The van der Waals surface area contributed by atoms with E-state index in [1.807, 2.05) is 37.3 Å². The summed E-state index contributed by atoms with van der Waals surface area (Å²) in [5.74, 6) is 0.963. The largest absolute Gasteiger partial charge is 0.411 e. The summed E-state index contributed by atoms with van der Waals surface area (Å²) in [6, 6.07) is 14.9. The Morgan fingerprint density at radius 3 is 2.80 bits per heavy atom. The predicted octanol–water partition coefficient (Wildman–Crippen LogP) is 3.35. The number of hydrogen-bond acceptors (Lipinski definition) is 6. The molecule has 3 heterocycles. The van der Waals surface area contributed by atoms with Crippen molar-refractivity contribution in [3.05, 3.63) is 76.3 Å². The topological polar surface area (TPSA) is 73.3 Å². The zero-order valence-corrected chi connectivity index (χ0v) is 14.2. The van der Waals surface area contributed by atoms with E-state index in [2.05, 4.69) is 15.2 Å². The molecule has 124 valence electrons. The Kier molecular flexibility index (Phi) is 4.07. The molecule has 0 N–H and O–H groups in total. The molecule has 0 spiro atoms. The molecule has 0 atom stereocenters. The van der Waals surface area contributed by atoms with Crippen molar-refractivity contribution in [3.63, 3.8) is 0 Å². The van der Waals surface area contributed by atoms with E-state index in [9.17, 15) is 4.79 Å². The van der Waals surface area contributed by atoms with Crippen LogP contribution in [0.4, 0.5) is 0 Å². The SMILES string of the molecule is Cc1ccc(-c2nnc(SCc3cc(=O)n4ccccc4n3)o2)cc1. The highest BCUT2D eigenvalue weighted by atomic mass is 32.2. The van der Waals surface area contributed by atoms with Crippen molar-refractivity contribution in [1.29, 1.82) is 0 Å². The van der Waals surface area contributed by atoms with E-state index >= 15 is 0 Å². The Morgan fingerprint density at radius 2 is 1.96 bits per heavy atom. The normalized spacial score (nSPS) is 11.1. The van der Waals surface area contributed by atoms with E-state index < -0.39 is 0 Å². The van der Waals surface area contributed by atoms with E-state index in [4.69, 9.17) is 4.42 Å². The lowest BCUT2D eigenvalue weighted by Gasteiger charge is -2.02. The minimum atomic E-state index is -0.105. The molecule has 0 aliphatic carbocycles. The number of pyridine rings is 1. The van der Waals surface area contributed by atoms with Gasteiger partial charge in [0.2, 0.25) is 5.89 Å². The number of benzene rings is 1. The van der Waals surface area contributed by atoms with Crippen molar-refractivity contribution < 1.29 is 4.42 Å². The second kappa shape index (κ2) is 6.52. The summed E-state index contributed by atoms with van der Waals surface area (Å²) in [7, 11) is 0. The van der Waals surface area contributed by atoms with Gasteiger partial charge in [-0.05, 0) is 31.2 Å². The van der Waals surface area contributed by atoms with E-state index in [0.717, 1.165) is 5.56 Å². The lowest BCUT2D eigenvalue weighted by molar-refractivity contribution is 0.466. The van der Waals surface area contributed by atoms with Crippen molar-refractivity contribution in [2.24, 2.45) is 0 Å². The maximum Gasteiger partial charge on any atom is 0.277 e. The molecule has 7 heteroatoms. The molecule has 0 bridgehead atoms. The van der Waals surface area contributed by atoms with Crippen molar-refractivity contribution >= 4 is 17.4 Å². The average Bonchev–Trinajstić information content (AvgIpc) is 3.10. The quantitative estimate of drug-likeness (QED) is 0.526. The lowest BCUT2D eigenvalue weighted by atomic mass is 10.1. The second-order valence-electron chi connectivity index (χ2n) is 5.54. The first-order chi connectivity index (χ1) is 12.2. The van der Waals surface area contributed by atoms with E-state index in [1.165, 1.54) is 27.8 Å². The van der Waals surface area contributed by atoms with Gasteiger partial charge in [0.25, 0.3) is 10.8 Å². The van der Waals surface area contributed by atoms with Gasteiger partial charge in [0.15, 0.2) is 0 Å². The van der Waals surface area contributed by atoms with Gasteiger partial charge in [-0.25, -0.2) is 4.98 Å².